The number of carbonyl (C=O) groups excluding carboxylic acids is 1. The summed E-state index contributed by atoms with van der Waals surface area (Å²) >= 11 is 12.2. The van der Waals surface area contributed by atoms with Gasteiger partial charge in [-0.3, -0.25) is 4.79 Å². The maximum Gasteiger partial charge on any atom is 0.326 e. The number of rotatable bonds is 15. The second-order valence-electron chi connectivity index (χ2n) is 10.5. The van der Waals surface area contributed by atoms with Crippen molar-refractivity contribution in [1.29, 1.82) is 0 Å². The summed E-state index contributed by atoms with van der Waals surface area (Å²) in [7, 11) is 1.67. The molecule has 12 heteroatoms. The number of carboxylic acids is 1. The lowest BCUT2D eigenvalue weighted by molar-refractivity contribution is -0.143. The molecule has 1 saturated carbocycles. The van der Waals surface area contributed by atoms with Crippen molar-refractivity contribution < 1.29 is 19.4 Å². The lowest BCUT2D eigenvalue weighted by Crippen LogP contribution is -2.49. The fourth-order valence-electron chi connectivity index (χ4n) is 5.03. The molecule has 0 spiro atoms. The van der Waals surface area contributed by atoms with Crippen molar-refractivity contribution >= 4 is 40.9 Å². The summed E-state index contributed by atoms with van der Waals surface area (Å²) < 4.78 is 6.86. The van der Waals surface area contributed by atoms with Gasteiger partial charge < -0.3 is 25.4 Å². The fourth-order valence-corrected chi connectivity index (χ4v) is 5.57. The van der Waals surface area contributed by atoms with Crippen molar-refractivity contribution in [2.75, 3.05) is 38.6 Å². The third-order valence-corrected chi connectivity index (χ3v) is 8.01. The molecule has 0 aromatic carbocycles. The van der Waals surface area contributed by atoms with Crippen molar-refractivity contribution in [3.63, 3.8) is 0 Å². The highest BCUT2D eigenvalue weighted by molar-refractivity contribution is 6.33. The predicted molar refractivity (Wildman–Crippen MR) is 151 cm³/mol. The molecule has 10 nitrogen and oxygen atoms in total. The number of unbranched alkanes of at least 4 members (excludes halogenated alkanes) is 1. The van der Waals surface area contributed by atoms with Crippen LogP contribution < -0.4 is 10.6 Å². The van der Waals surface area contributed by atoms with Crippen molar-refractivity contribution in [1.82, 2.24) is 25.0 Å². The molecule has 2 aromatic heterocycles. The van der Waals surface area contributed by atoms with Crippen LogP contribution in [0.2, 0.25) is 10.3 Å². The van der Waals surface area contributed by atoms with Gasteiger partial charge in [-0.25, -0.2) is 14.5 Å². The average molecular weight is 582 g/mol. The quantitative estimate of drug-likeness (QED) is 0.272. The zero-order valence-corrected chi connectivity index (χ0v) is 24.1. The number of ether oxygens (including phenoxy) is 1. The summed E-state index contributed by atoms with van der Waals surface area (Å²) in [6, 6.07) is 4.73. The molecule has 1 fully saturated rings. The van der Waals surface area contributed by atoms with Gasteiger partial charge in [0.05, 0.1) is 6.10 Å². The van der Waals surface area contributed by atoms with Gasteiger partial charge >= 0.3 is 5.97 Å². The number of fused-ring (bicyclic) bond motifs is 1. The van der Waals surface area contributed by atoms with Gasteiger partial charge in [0.25, 0.3) is 0 Å². The topological polar surface area (TPSA) is 122 Å². The largest absolute Gasteiger partial charge is 0.480 e. The van der Waals surface area contributed by atoms with Gasteiger partial charge in [0, 0.05) is 38.5 Å². The molecule has 0 radical (unpaired) electrons. The van der Waals surface area contributed by atoms with Crippen molar-refractivity contribution in [2.24, 2.45) is 0 Å². The second-order valence-corrected chi connectivity index (χ2v) is 11.3. The Hall–Kier alpha value is -2.40. The molecular weight excluding hydrogens is 543 g/mol. The number of pyridine rings is 1. The minimum Gasteiger partial charge on any atom is -0.480 e. The third kappa shape index (κ3) is 7.63. The number of nitrogens with zero attached hydrogens (tertiary/aromatic N) is 4. The van der Waals surface area contributed by atoms with E-state index >= 15 is 0 Å². The number of carboxylic acid groups (broad SMARTS) is 1. The molecule has 3 heterocycles. The number of hydrogen-bond donors (Lipinski definition) is 3. The molecule has 1 aliphatic heterocycles. The Morgan fingerprint density at radius 2 is 2.08 bits per heavy atom. The summed E-state index contributed by atoms with van der Waals surface area (Å²) in [6.07, 6.45) is 6.32. The van der Waals surface area contributed by atoms with Crippen LogP contribution in [0.4, 0.5) is 5.82 Å². The van der Waals surface area contributed by atoms with Gasteiger partial charge in [-0.05, 0) is 76.5 Å². The van der Waals surface area contributed by atoms with E-state index < -0.39 is 23.5 Å². The first-order valence-electron chi connectivity index (χ1n) is 13.6. The van der Waals surface area contributed by atoms with Gasteiger partial charge in [-0.2, -0.15) is 5.10 Å². The van der Waals surface area contributed by atoms with Gasteiger partial charge in [0.1, 0.15) is 22.6 Å². The first-order valence-corrected chi connectivity index (χ1v) is 14.4. The monoisotopic (exact) mass is 580 g/mol. The Labute approximate surface area is 239 Å². The van der Waals surface area contributed by atoms with E-state index in [1.54, 1.807) is 7.11 Å². The van der Waals surface area contributed by atoms with E-state index in [9.17, 15) is 14.7 Å². The molecular formula is C27H38Cl2N6O4. The standard InChI is InChI=1S/C27H38Cl2N6O4/c1-18(39-2)17-34(14-4-3-7-20-9-8-19-6-5-13-30-24(19)31-20)15-10-21(25(36)37)32-26(38)27(11-12-27)35-23(29)16-22(28)33-35/h8-9,16,18,21H,3-7,10-15,17H2,1-2H3,(H,30,31)(H,32,38)(H,36,37). The zero-order valence-electron chi connectivity index (χ0n) is 22.6. The van der Waals surface area contributed by atoms with E-state index in [0.29, 0.717) is 25.9 Å². The Kier molecular flexibility index (Phi) is 10.1. The fraction of sp³-hybridized carbons (Fsp3) is 0.630. The van der Waals surface area contributed by atoms with Crippen molar-refractivity contribution in [3.05, 3.63) is 39.8 Å². The maximum atomic E-state index is 13.1. The van der Waals surface area contributed by atoms with E-state index in [-0.39, 0.29) is 22.8 Å². The molecule has 2 aliphatic rings. The minimum atomic E-state index is -1.07. The number of aliphatic carboxylic acids is 1. The van der Waals surface area contributed by atoms with Crippen LogP contribution in [0.1, 0.15) is 56.7 Å². The number of aromatic nitrogens is 3. The second kappa shape index (κ2) is 13.3. The van der Waals surface area contributed by atoms with Gasteiger partial charge in [0.2, 0.25) is 5.91 Å². The van der Waals surface area contributed by atoms with Crippen LogP contribution in [0.25, 0.3) is 0 Å². The lowest BCUT2D eigenvalue weighted by atomic mass is 10.1. The van der Waals surface area contributed by atoms with Crippen LogP contribution in [0, 0.1) is 0 Å². The number of anilines is 1. The molecule has 1 aliphatic carbocycles. The van der Waals surface area contributed by atoms with Crippen LogP contribution in [-0.2, 0) is 32.7 Å². The van der Waals surface area contributed by atoms with E-state index in [0.717, 1.165) is 56.7 Å². The lowest BCUT2D eigenvalue weighted by Gasteiger charge is -2.27. The average Bonchev–Trinajstić information content (AvgIpc) is 3.65. The Bertz CT molecular complexity index is 1160. The highest BCUT2D eigenvalue weighted by Crippen LogP contribution is 2.45. The predicted octanol–water partition coefficient (Wildman–Crippen LogP) is 3.75. The van der Waals surface area contributed by atoms with E-state index in [4.69, 9.17) is 32.9 Å². The molecule has 2 atom stereocenters. The van der Waals surface area contributed by atoms with Gasteiger partial charge in [-0.1, -0.05) is 29.3 Å². The zero-order chi connectivity index (χ0) is 28.0. The third-order valence-electron chi connectivity index (χ3n) is 7.55. The molecule has 214 valence electrons. The van der Waals surface area contributed by atoms with Crippen molar-refractivity contribution in [2.45, 2.75) is 76.0 Å². The molecule has 3 N–H and O–H groups in total. The molecule has 2 unspecified atom stereocenters. The van der Waals surface area contributed by atoms with Crippen LogP contribution in [0.15, 0.2) is 18.2 Å². The molecule has 0 saturated heterocycles. The Balaban J connectivity index is 1.30. The number of aryl methyl sites for hydroxylation is 2. The Morgan fingerprint density at radius 1 is 1.28 bits per heavy atom. The SMILES string of the molecule is COC(C)CN(CCCCc1ccc2c(n1)NCCC2)CCC(NC(=O)C1(n2nc(Cl)cc2Cl)CC1)C(=O)O. The summed E-state index contributed by atoms with van der Waals surface area (Å²) in [5.74, 6) is -0.460. The van der Waals surface area contributed by atoms with Crippen molar-refractivity contribution in [3.8, 4) is 0 Å². The number of hydrogen-bond acceptors (Lipinski definition) is 7. The maximum absolute atomic E-state index is 13.1. The van der Waals surface area contributed by atoms with E-state index in [1.807, 2.05) is 6.92 Å². The van der Waals surface area contributed by atoms with Crippen LogP contribution in [0.5, 0.6) is 0 Å². The van der Waals surface area contributed by atoms with Gasteiger partial charge in [0.15, 0.2) is 5.15 Å². The summed E-state index contributed by atoms with van der Waals surface area (Å²) in [5, 5.41) is 20.5. The summed E-state index contributed by atoms with van der Waals surface area (Å²) in [5.41, 5.74) is 1.39. The molecule has 4 rings (SSSR count). The number of halogens is 2. The Morgan fingerprint density at radius 3 is 2.74 bits per heavy atom. The van der Waals surface area contributed by atoms with Crippen LogP contribution >= 0.6 is 23.2 Å². The first-order chi connectivity index (χ1) is 18.7. The summed E-state index contributed by atoms with van der Waals surface area (Å²) in [6.45, 7) is 4.93. The molecule has 2 aromatic rings. The normalized spacial score (nSPS) is 17.3. The van der Waals surface area contributed by atoms with E-state index in [1.165, 1.54) is 16.3 Å². The highest BCUT2D eigenvalue weighted by atomic mass is 35.5. The minimum absolute atomic E-state index is 0.00213. The summed E-state index contributed by atoms with van der Waals surface area (Å²) in [4.78, 5) is 32.2. The molecule has 1 amide bonds. The number of nitrogens with one attached hydrogen (secondary N) is 2. The molecule has 0 bridgehead atoms. The highest BCUT2D eigenvalue weighted by Gasteiger charge is 2.54. The number of carbonyl (C=O) groups is 2. The van der Waals surface area contributed by atoms with Gasteiger partial charge in [-0.15, -0.1) is 0 Å². The molecule has 39 heavy (non-hydrogen) atoms. The first kappa shape index (κ1) is 29.6. The number of methoxy groups -OCH3 is 1. The number of amides is 1. The van der Waals surface area contributed by atoms with Crippen LogP contribution in [0.3, 0.4) is 0 Å². The smallest absolute Gasteiger partial charge is 0.326 e. The van der Waals surface area contributed by atoms with E-state index in [2.05, 4.69) is 32.8 Å². The van der Waals surface area contributed by atoms with Crippen LogP contribution in [-0.4, -0.2) is 82.1 Å².